The van der Waals surface area contributed by atoms with Gasteiger partial charge in [0.25, 0.3) is 5.56 Å². The molecule has 1 saturated heterocycles. The van der Waals surface area contributed by atoms with Gasteiger partial charge < -0.3 is 9.64 Å². The number of benzene rings is 3. The lowest BCUT2D eigenvalue weighted by molar-refractivity contribution is -0.134. The van der Waals surface area contributed by atoms with E-state index in [4.69, 9.17) is 4.74 Å². The predicted molar refractivity (Wildman–Crippen MR) is 148 cm³/mol. The van der Waals surface area contributed by atoms with E-state index in [0.29, 0.717) is 25.4 Å². The number of rotatable bonds is 8. The second-order valence-corrected chi connectivity index (χ2v) is 9.31. The zero-order valence-electron chi connectivity index (χ0n) is 21.6. The van der Waals surface area contributed by atoms with Crippen LogP contribution in [0.15, 0.2) is 102 Å². The Bertz CT molecular complexity index is 1360. The zero-order valence-corrected chi connectivity index (χ0v) is 21.6. The van der Waals surface area contributed by atoms with Crippen molar-refractivity contribution in [2.24, 2.45) is 0 Å². The zero-order chi connectivity index (χ0) is 26.3. The number of piperazine rings is 1. The van der Waals surface area contributed by atoms with Crippen LogP contribution < -0.4 is 10.3 Å². The molecule has 4 aromatic rings. The van der Waals surface area contributed by atoms with Crippen molar-refractivity contribution in [3.63, 3.8) is 0 Å². The van der Waals surface area contributed by atoms with E-state index in [9.17, 15) is 9.59 Å². The molecule has 1 aromatic heterocycles. The second-order valence-electron chi connectivity index (χ2n) is 9.31. The van der Waals surface area contributed by atoms with Crippen molar-refractivity contribution in [2.45, 2.75) is 19.5 Å². The molecule has 0 bridgehead atoms. The van der Waals surface area contributed by atoms with E-state index in [-0.39, 0.29) is 24.1 Å². The Labute approximate surface area is 222 Å². The van der Waals surface area contributed by atoms with Gasteiger partial charge in [-0.2, -0.15) is 5.10 Å². The Morgan fingerprint density at radius 3 is 2.00 bits per heavy atom. The minimum absolute atomic E-state index is 0.0789. The van der Waals surface area contributed by atoms with Gasteiger partial charge in [0, 0.05) is 37.8 Å². The summed E-state index contributed by atoms with van der Waals surface area (Å²) in [4.78, 5) is 30.0. The fourth-order valence-electron chi connectivity index (χ4n) is 4.95. The fourth-order valence-corrected chi connectivity index (χ4v) is 4.95. The van der Waals surface area contributed by atoms with E-state index in [0.717, 1.165) is 24.4 Å². The molecule has 1 aliphatic rings. The lowest BCUT2D eigenvalue weighted by Gasteiger charge is -2.39. The minimum Gasteiger partial charge on any atom is -0.494 e. The summed E-state index contributed by atoms with van der Waals surface area (Å²) in [7, 11) is 0. The Kier molecular flexibility index (Phi) is 7.95. The number of nitrogens with zero attached hydrogens (tertiary/aromatic N) is 4. The highest BCUT2D eigenvalue weighted by Gasteiger charge is 2.28. The largest absolute Gasteiger partial charge is 0.494 e. The Balaban J connectivity index is 1.26. The van der Waals surface area contributed by atoms with Crippen LogP contribution in [0.1, 0.15) is 24.1 Å². The predicted octanol–water partition coefficient (Wildman–Crippen LogP) is 4.24. The van der Waals surface area contributed by atoms with Crippen LogP contribution in [0, 0.1) is 0 Å². The van der Waals surface area contributed by atoms with Crippen molar-refractivity contribution in [2.75, 3.05) is 32.8 Å². The highest BCUT2D eigenvalue weighted by molar-refractivity contribution is 5.76. The first kappa shape index (κ1) is 25.4. The molecule has 1 aliphatic heterocycles. The third-order valence-corrected chi connectivity index (χ3v) is 6.88. The average Bonchev–Trinajstić information content (AvgIpc) is 2.96. The van der Waals surface area contributed by atoms with Crippen molar-refractivity contribution in [3.05, 3.63) is 119 Å². The van der Waals surface area contributed by atoms with Crippen LogP contribution in [0.2, 0.25) is 0 Å². The van der Waals surface area contributed by atoms with Crippen LogP contribution >= 0.6 is 0 Å². The fraction of sp³-hybridized carbons (Fsp3) is 0.258. The van der Waals surface area contributed by atoms with Gasteiger partial charge in [-0.3, -0.25) is 14.5 Å². The van der Waals surface area contributed by atoms with Crippen molar-refractivity contribution in [1.29, 1.82) is 0 Å². The van der Waals surface area contributed by atoms with Gasteiger partial charge in [0.1, 0.15) is 12.3 Å². The molecule has 0 radical (unpaired) electrons. The maximum Gasteiger partial charge on any atom is 0.267 e. The molecule has 3 aromatic carbocycles. The highest BCUT2D eigenvalue weighted by atomic mass is 16.5. The minimum atomic E-state index is -0.292. The van der Waals surface area contributed by atoms with E-state index < -0.39 is 0 Å². The Morgan fingerprint density at radius 2 is 1.42 bits per heavy atom. The highest BCUT2D eigenvalue weighted by Crippen LogP contribution is 2.29. The summed E-state index contributed by atoms with van der Waals surface area (Å²) in [6, 6.07) is 31.8. The molecule has 38 heavy (non-hydrogen) atoms. The molecule has 7 heteroatoms. The molecule has 0 N–H and O–H groups in total. The van der Waals surface area contributed by atoms with Gasteiger partial charge in [-0.25, -0.2) is 4.68 Å². The third-order valence-electron chi connectivity index (χ3n) is 6.88. The van der Waals surface area contributed by atoms with Crippen LogP contribution in [-0.4, -0.2) is 58.3 Å². The van der Waals surface area contributed by atoms with E-state index >= 15 is 0 Å². The molecule has 1 amide bonds. The first-order valence-corrected chi connectivity index (χ1v) is 13.1. The molecule has 0 spiro atoms. The van der Waals surface area contributed by atoms with Gasteiger partial charge >= 0.3 is 0 Å². The van der Waals surface area contributed by atoms with Gasteiger partial charge in [-0.05, 0) is 48.4 Å². The van der Waals surface area contributed by atoms with Gasteiger partial charge in [0.2, 0.25) is 5.91 Å². The maximum absolute atomic E-state index is 13.2. The van der Waals surface area contributed by atoms with Crippen LogP contribution in [0.5, 0.6) is 5.75 Å². The SMILES string of the molecule is CCOc1ccc(-c2ccc(=O)n(CC(=O)N3CCN(C(c4ccccc4)c4ccccc4)CC3)n2)cc1. The number of ether oxygens (including phenoxy) is 1. The smallest absolute Gasteiger partial charge is 0.267 e. The summed E-state index contributed by atoms with van der Waals surface area (Å²) >= 11 is 0. The first-order chi connectivity index (χ1) is 18.6. The van der Waals surface area contributed by atoms with Gasteiger partial charge in [0.05, 0.1) is 18.3 Å². The standard InChI is InChI=1S/C31H32N4O3/c1-2-38-27-15-13-24(14-16-27)28-17-18-29(36)35(32-28)23-30(37)33-19-21-34(22-20-33)31(25-9-5-3-6-10-25)26-11-7-4-8-12-26/h3-18,31H,2,19-23H2,1H3. The van der Waals surface area contributed by atoms with Crippen molar-refractivity contribution in [3.8, 4) is 17.0 Å². The summed E-state index contributed by atoms with van der Waals surface area (Å²) in [5.41, 5.74) is 3.68. The number of hydrogen-bond acceptors (Lipinski definition) is 5. The topological polar surface area (TPSA) is 67.7 Å². The molecule has 5 rings (SSSR count). The summed E-state index contributed by atoms with van der Waals surface area (Å²) in [6.45, 7) is 5.14. The molecule has 1 fully saturated rings. The molecule has 2 heterocycles. The number of amides is 1. The molecule has 0 aliphatic carbocycles. The molecular formula is C31H32N4O3. The lowest BCUT2D eigenvalue weighted by Crippen LogP contribution is -2.51. The van der Waals surface area contributed by atoms with Gasteiger partial charge in [0.15, 0.2) is 0 Å². The Hall–Kier alpha value is -4.23. The maximum atomic E-state index is 13.2. The quantitative estimate of drug-likeness (QED) is 0.356. The normalized spacial score (nSPS) is 14.0. The van der Waals surface area contributed by atoms with E-state index in [1.54, 1.807) is 6.07 Å². The molecule has 0 atom stereocenters. The van der Waals surface area contributed by atoms with Gasteiger partial charge in [-0.15, -0.1) is 0 Å². The van der Waals surface area contributed by atoms with E-state index in [2.05, 4.69) is 58.5 Å². The summed E-state index contributed by atoms with van der Waals surface area (Å²) in [5.74, 6) is 0.680. The third kappa shape index (κ3) is 5.84. The van der Waals surface area contributed by atoms with Gasteiger partial charge in [-0.1, -0.05) is 60.7 Å². The number of carbonyl (C=O) groups is 1. The molecule has 194 valence electrons. The van der Waals surface area contributed by atoms with Crippen molar-refractivity contribution >= 4 is 5.91 Å². The lowest BCUT2D eigenvalue weighted by atomic mass is 9.96. The second kappa shape index (κ2) is 11.9. The number of aromatic nitrogens is 2. The molecule has 7 nitrogen and oxygen atoms in total. The summed E-state index contributed by atoms with van der Waals surface area (Å²) in [6.07, 6.45) is 0. The van der Waals surface area contributed by atoms with E-state index in [1.807, 2.05) is 48.2 Å². The summed E-state index contributed by atoms with van der Waals surface area (Å²) < 4.78 is 6.76. The number of carbonyl (C=O) groups excluding carboxylic acids is 1. The monoisotopic (exact) mass is 508 g/mol. The molecular weight excluding hydrogens is 476 g/mol. The van der Waals surface area contributed by atoms with Crippen LogP contribution in [0.4, 0.5) is 0 Å². The van der Waals surface area contributed by atoms with Crippen molar-refractivity contribution < 1.29 is 9.53 Å². The average molecular weight is 509 g/mol. The van der Waals surface area contributed by atoms with Crippen LogP contribution in [0.3, 0.4) is 0 Å². The first-order valence-electron chi connectivity index (χ1n) is 13.1. The molecule has 0 unspecified atom stereocenters. The van der Waals surface area contributed by atoms with Crippen molar-refractivity contribution in [1.82, 2.24) is 19.6 Å². The van der Waals surface area contributed by atoms with Crippen LogP contribution in [0.25, 0.3) is 11.3 Å². The molecule has 0 saturated carbocycles. The summed E-state index contributed by atoms with van der Waals surface area (Å²) in [5, 5.41) is 4.48. The Morgan fingerprint density at radius 1 is 0.816 bits per heavy atom. The van der Waals surface area contributed by atoms with Crippen LogP contribution in [-0.2, 0) is 11.3 Å². The number of hydrogen-bond donors (Lipinski definition) is 0. The van der Waals surface area contributed by atoms with E-state index in [1.165, 1.54) is 21.9 Å².